The fourth-order valence-electron chi connectivity index (χ4n) is 1.68. The zero-order valence-electron chi connectivity index (χ0n) is 11.3. The molecule has 0 fully saturated rings. The van der Waals surface area contributed by atoms with Crippen LogP contribution in [0.25, 0.3) is 0 Å². The molecule has 0 radical (unpaired) electrons. The summed E-state index contributed by atoms with van der Waals surface area (Å²) in [6.45, 7) is 4.34. The fraction of sp³-hybridized carbons (Fsp3) is 0.533. The molecule has 0 atom stereocenters. The number of unbranched alkanes of at least 4 members (excludes halogenated alkanes) is 2. The zero-order valence-corrected chi connectivity index (χ0v) is 11.3. The van der Waals surface area contributed by atoms with E-state index in [2.05, 4.69) is 19.1 Å². The second kappa shape index (κ2) is 8.56. The first-order valence-electron chi connectivity index (χ1n) is 6.63. The van der Waals surface area contributed by atoms with Crippen molar-refractivity contribution in [2.24, 2.45) is 0 Å². The van der Waals surface area contributed by atoms with Crippen LogP contribution in [0.4, 0.5) is 0 Å². The van der Waals surface area contributed by atoms with E-state index in [1.807, 2.05) is 12.1 Å². The van der Waals surface area contributed by atoms with Crippen molar-refractivity contribution in [3.05, 3.63) is 29.8 Å². The highest BCUT2D eigenvalue weighted by molar-refractivity contribution is 5.71. The Hall–Kier alpha value is -1.51. The Kier molecular flexibility index (Phi) is 6.92. The molecule has 0 N–H and O–H groups in total. The molecule has 0 aliphatic carbocycles. The van der Waals surface area contributed by atoms with E-state index in [0.717, 1.165) is 6.42 Å². The zero-order chi connectivity index (χ0) is 13.2. The van der Waals surface area contributed by atoms with Gasteiger partial charge in [0.15, 0.2) is 6.61 Å². The summed E-state index contributed by atoms with van der Waals surface area (Å²) < 4.78 is 10.1. The van der Waals surface area contributed by atoms with Gasteiger partial charge >= 0.3 is 5.97 Å². The average molecular weight is 250 g/mol. The Morgan fingerprint density at radius 2 is 1.83 bits per heavy atom. The molecule has 0 aliphatic rings. The van der Waals surface area contributed by atoms with Crippen LogP contribution in [-0.4, -0.2) is 19.2 Å². The Balaban J connectivity index is 2.33. The second-order valence-corrected chi connectivity index (χ2v) is 4.19. The van der Waals surface area contributed by atoms with Gasteiger partial charge in [0.25, 0.3) is 0 Å². The van der Waals surface area contributed by atoms with Crippen LogP contribution >= 0.6 is 0 Å². The van der Waals surface area contributed by atoms with Crippen LogP contribution in [0.1, 0.15) is 38.7 Å². The largest absolute Gasteiger partial charge is 0.482 e. The normalized spacial score (nSPS) is 10.1. The van der Waals surface area contributed by atoms with Gasteiger partial charge in [-0.15, -0.1) is 0 Å². The van der Waals surface area contributed by atoms with Gasteiger partial charge in [0.2, 0.25) is 0 Å². The van der Waals surface area contributed by atoms with Crippen LogP contribution < -0.4 is 4.74 Å². The van der Waals surface area contributed by atoms with E-state index in [4.69, 9.17) is 9.47 Å². The third kappa shape index (κ3) is 5.71. The van der Waals surface area contributed by atoms with Crippen molar-refractivity contribution in [2.45, 2.75) is 39.5 Å². The Morgan fingerprint density at radius 1 is 1.11 bits per heavy atom. The van der Waals surface area contributed by atoms with E-state index < -0.39 is 0 Å². The predicted octanol–water partition coefficient (Wildman–Crippen LogP) is 3.36. The number of benzene rings is 1. The van der Waals surface area contributed by atoms with Crippen molar-refractivity contribution < 1.29 is 14.3 Å². The van der Waals surface area contributed by atoms with Crippen molar-refractivity contribution in [3.8, 4) is 5.75 Å². The first-order chi connectivity index (χ1) is 8.76. The molecule has 0 heterocycles. The molecular formula is C15H22O3. The first kappa shape index (κ1) is 14.6. The summed E-state index contributed by atoms with van der Waals surface area (Å²) in [7, 11) is 0. The van der Waals surface area contributed by atoms with Gasteiger partial charge in [0.05, 0.1) is 6.61 Å². The van der Waals surface area contributed by atoms with Gasteiger partial charge in [-0.25, -0.2) is 4.79 Å². The maximum Gasteiger partial charge on any atom is 0.344 e. The summed E-state index contributed by atoms with van der Waals surface area (Å²) in [4.78, 5) is 11.1. The molecule has 0 amide bonds. The van der Waals surface area contributed by atoms with Crippen LogP contribution in [-0.2, 0) is 16.0 Å². The van der Waals surface area contributed by atoms with E-state index in [1.54, 1.807) is 6.92 Å². The van der Waals surface area contributed by atoms with Crippen molar-refractivity contribution in [2.75, 3.05) is 13.2 Å². The molecule has 3 heteroatoms. The fourth-order valence-corrected chi connectivity index (χ4v) is 1.68. The summed E-state index contributed by atoms with van der Waals surface area (Å²) in [5.41, 5.74) is 1.31. The number of carbonyl (C=O) groups excluding carboxylic acids is 1. The number of aryl methyl sites for hydroxylation is 1. The van der Waals surface area contributed by atoms with Crippen molar-refractivity contribution >= 4 is 5.97 Å². The number of hydrogen-bond acceptors (Lipinski definition) is 3. The average Bonchev–Trinajstić information content (AvgIpc) is 2.38. The van der Waals surface area contributed by atoms with E-state index in [-0.39, 0.29) is 12.6 Å². The topological polar surface area (TPSA) is 35.5 Å². The SMILES string of the molecule is CCCCCc1ccc(OCC(=O)OCC)cc1. The smallest absolute Gasteiger partial charge is 0.344 e. The third-order valence-electron chi connectivity index (χ3n) is 2.65. The monoisotopic (exact) mass is 250 g/mol. The minimum atomic E-state index is -0.329. The molecule has 100 valence electrons. The lowest BCUT2D eigenvalue weighted by atomic mass is 10.1. The van der Waals surface area contributed by atoms with E-state index in [9.17, 15) is 4.79 Å². The Morgan fingerprint density at radius 3 is 2.44 bits per heavy atom. The molecule has 1 aromatic carbocycles. The van der Waals surface area contributed by atoms with Crippen LogP contribution in [0.2, 0.25) is 0 Å². The highest BCUT2D eigenvalue weighted by Crippen LogP contribution is 2.14. The highest BCUT2D eigenvalue weighted by Gasteiger charge is 2.02. The van der Waals surface area contributed by atoms with Gasteiger partial charge in [-0.05, 0) is 37.5 Å². The van der Waals surface area contributed by atoms with Gasteiger partial charge < -0.3 is 9.47 Å². The lowest BCUT2D eigenvalue weighted by molar-refractivity contribution is -0.145. The van der Waals surface area contributed by atoms with E-state index >= 15 is 0 Å². The number of esters is 1. The third-order valence-corrected chi connectivity index (χ3v) is 2.65. The standard InChI is InChI=1S/C15H22O3/c1-3-5-6-7-13-8-10-14(11-9-13)18-12-15(16)17-4-2/h8-11H,3-7,12H2,1-2H3. The molecule has 0 aliphatic heterocycles. The van der Waals surface area contributed by atoms with E-state index in [1.165, 1.54) is 24.8 Å². The van der Waals surface area contributed by atoms with Gasteiger partial charge in [0.1, 0.15) is 5.75 Å². The molecule has 0 unspecified atom stereocenters. The summed E-state index contributed by atoms with van der Waals surface area (Å²) >= 11 is 0. The number of carbonyl (C=O) groups is 1. The molecule has 0 bridgehead atoms. The molecule has 1 aromatic rings. The molecule has 0 aromatic heterocycles. The predicted molar refractivity (Wildman–Crippen MR) is 71.8 cm³/mol. The van der Waals surface area contributed by atoms with Crippen LogP contribution in [0.15, 0.2) is 24.3 Å². The Bertz CT molecular complexity index is 343. The van der Waals surface area contributed by atoms with Gasteiger partial charge in [0, 0.05) is 0 Å². The minimum absolute atomic E-state index is 0.0248. The van der Waals surface area contributed by atoms with Crippen LogP contribution in [0.5, 0.6) is 5.75 Å². The van der Waals surface area contributed by atoms with Crippen LogP contribution in [0, 0.1) is 0 Å². The number of ether oxygens (including phenoxy) is 2. The van der Waals surface area contributed by atoms with Crippen molar-refractivity contribution in [1.29, 1.82) is 0 Å². The molecule has 0 saturated heterocycles. The van der Waals surface area contributed by atoms with Crippen LogP contribution in [0.3, 0.4) is 0 Å². The van der Waals surface area contributed by atoms with E-state index in [0.29, 0.717) is 12.4 Å². The number of rotatable bonds is 8. The van der Waals surface area contributed by atoms with Crippen molar-refractivity contribution in [1.82, 2.24) is 0 Å². The quantitative estimate of drug-likeness (QED) is 0.524. The maximum atomic E-state index is 11.1. The Labute approximate surface area is 109 Å². The highest BCUT2D eigenvalue weighted by atomic mass is 16.6. The minimum Gasteiger partial charge on any atom is -0.482 e. The summed E-state index contributed by atoms with van der Waals surface area (Å²) in [5.74, 6) is 0.381. The summed E-state index contributed by atoms with van der Waals surface area (Å²) in [5, 5.41) is 0. The lowest BCUT2D eigenvalue weighted by Gasteiger charge is -2.06. The first-order valence-corrected chi connectivity index (χ1v) is 6.63. The maximum absolute atomic E-state index is 11.1. The van der Waals surface area contributed by atoms with Gasteiger partial charge in [-0.3, -0.25) is 0 Å². The molecule has 0 saturated carbocycles. The lowest BCUT2D eigenvalue weighted by Crippen LogP contribution is -2.14. The molecule has 3 nitrogen and oxygen atoms in total. The molecular weight excluding hydrogens is 228 g/mol. The second-order valence-electron chi connectivity index (χ2n) is 4.19. The molecule has 18 heavy (non-hydrogen) atoms. The molecule has 1 rings (SSSR count). The molecule has 0 spiro atoms. The number of hydrogen-bond donors (Lipinski definition) is 0. The van der Waals surface area contributed by atoms with Gasteiger partial charge in [-0.1, -0.05) is 31.9 Å². The summed E-state index contributed by atoms with van der Waals surface area (Å²) in [6.07, 6.45) is 4.83. The summed E-state index contributed by atoms with van der Waals surface area (Å²) in [6, 6.07) is 7.91. The van der Waals surface area contributed by atoms with Gasteiger partial charge in [-0.2, -0.15) is 0 Å². The van der Waals surface area contributed by atoms with Crippen molar-refractivity contribution in [3.63, 3.8) is 0 Å².